The molecule has 1 rings (SSSR count). The van der Waals surface area contributed by atoms with E-state index in [0.29, 0.717) is 12.4 Å². The summed E-state index contributed by atoms with van der Waals surface area (Å²) in [5.74, 6) is 0.689. The van der Waals surface area contributed by atoms with Gasteiger partial charge < -0.3 is 4.74 Å². The summed E-state index contributed by atoms with van der Waals surface area (Å²) in [5.41, 5.74) is 0.963. The average molecular weight is 210 g/mol. The van der Waals surface area contributed by atoms with Crippen molar-refractivity contribution in [1.29, 1.82) is 0 Å². The van der Waals surface area contributed by atoms with E-state index in [9.17, 15) is 4.21 Å². The van der Waals surface area contributed by atoms with Crippen LogP contribution in [0.15, 0.2) is 35.7 Å². The quantitative estimate of drug-likeness (QED) is 0.713. The zero-order valence-electron chi connectivity index (χ0n) is 8.40. The summed E-state index contributed by atoms with van der Waals surface area (Å²) < 4.78 is 16.5. The van der Waals surface area contributed by atoms with Gasteiger partial charge in [-0.2, -0.15) is 0 Å². The van der Waals surface area contributed by atoms with Crippen LogP contribution in [0.5, 0.6) is 0 Å². The maximum absolute atomic E-state index is 11.1. The Kier molecular flexibility index (Phi) is 4.40. The summed E-state index contributed by atoms with van der Waals surface area (Å²) in [5, 5.41) is 1.62. The van der Waals surface area contributed by atoms with Gasteiger partial charge in [0, 0.05) is 28.0 Å². The Morgan fingerprint density at radius 2 is 2.07 bits per heavy atom. The van der Waals surface area contributed by atoms with Gasteiger partial charge in [-0.25, -0.2) is 0 Å². The molecule has 0 radical (unpaired) electrons. The normalized spacial score (nSPS) is 13.7. The van der Waals surface area contributed by atoms with Crippen LogP contribution >= 0.6 is 0 Å². The number of hydrogen-bond acceptors (Lipinski definition) is 2. The monoisotopic (exact) mass is 210 g/mol. The van der Waals surface area contributed by atoms with E-state index >= 15 is 0 Å². The zero-order chi connectivity index (χ0) is 10.4. The first-order chi connectivity index (χ1) is 6.74. The molecule has 14 heavy (non-hydrogen) atoms. The zero-order valence-corrected chi connectivity index (χ0v) is 9.21. The van der Waals surface area contributed by atoms with E-state index in [4.69, 9.17) is 4.74 Å². The standard InChI is InChI=1S/C11H14O2S/c1-3-13-11(9-14(2)12)10-7-5-4-6-8-10/h4-9H,3H2,1-2H3. The van der Waals surface area contributed by atoms with Gasteiger partial charge in [-0.15, -0.1) is 0 Å². The molecule has 0 fully saturated rings. The van der Waals surface area contributed by atoms with E-state index in [0.717, 1.165) is 5.56 Å². The Morgan fingerprint density at radius 1 is 1.43 bits per heavy atom. The molecule has 2 nitrogen and oxygen atoms in total. The second kappa shape index (κ2) is 5.60. The number of benzene rings is 1. The smallest absolute Gasteiger partial charge is 0.135 e. The molecule has 3 heteroatoms. The van der Waals surface area contributed by atoms with Crippen LogP contribution in [0.2, 0.25) is 0 Å². The summed E-state index contributed by atoms with van der Waals surface area (Å²) in [7, 11) is -0.985. The molecule has 76 valence electrons. The molecular weight excluding hydrogens is 196 g/mol. The van der Waals surface area contributed by atoms with E-state index in [1.54, 1.807) is 11.7 Å². The minimum Gasteiger partial charge on any atom is -0.493 e. The minimum atomic E-state index is -0.985. The van der Waals surface area contributed by atoms with Crippen molar-refractivity contribution in [3.63, 3.8) is 0 Å². The molecule has 0 N–H and O–H groups in total. The van der Waals surface area contributed by atoms with Gasteiger partial charge in [0.1, 0.15) is 5.76 Å². The molecule has 0 aromatic heterocycles. The predicted octanol–water partition coefficient (Wildman–Crippen LogP) is 2.40. The molecule has 0 aliphatic rings. The van der Waals surface area contributed by atoms with Gasteiger partial charge in [0.15, 0.2) is 0 Å². The lowest BCUT2D eigenvalue weighted by Gasteiger charge is -2.07. The Bertz CT molecular complexity index is 330. The molecule has 0 spiro atoms. The van der Waals surface area contributed by atoms with Crippen LogP contribution in [-0.2, 0) is 15.5 Å². The van der Waals surface area contributed by atoms with Crippen LogP contribution in [0.3, 0.4) is 0 Å². The third-order valence-electron chi connectivity index (χ3n) is 1.63. The van der Waals surface area contributed by atoms with Gasteiger partial charge in [0.05, 0.1) is 6.61 Å². The molecule has 0 bridgehead atoms. The van der Waals surface area contributed by atoms with Crippen molar-refractivity contribution in [2.75, 3.05) is 12.9 Å². The lowest BCUT2D eigenvalue weighted by molar-refractivity contribution is 0.298. The van der Waals surface area contributed by atoms with E-state index < -0.39 is 10.8 Å². The summed E-state index contributed by atoms with van der Waals surface area (Å²) in [6.07, 6.45) is 1.63. The Balaban J connectivity index is 2.94. The third-order valence-corrected chi connectivity index (χ3v) is 2.18. The summed E-state index contributed by atoms with van der Waals surface area (Å²) in [4.78, 5) is 0. The van der Waals surface area contributed by atoms with Crippen molar-refractivity contribution in [3.05, 3.63) is 41.3 Å². The van der Waals surface area contributed by atoms with Gasteiger partial charge in [0.25, 0.3) is 0 Å². The lowest BCUT2D eigenvalue weighted by Crippen LogP contribution is -1.93. The van der Waals surface area contributed by atoms with Crippen LogP contribution in [0.4, 0.5) is 0 Å². The highest BCUT2D eigenvalue weighted by Gasteiger charge is 2.01. The van der Waals surface area contributed by atoms with Crippen molar-refractivity contribution in [1.82, 2.24) is 0 Å². The molecule has 0 heterocycles. The first-order valence-electron chi connectivity index (χ1n) is 4.46. The Morgan fingerprint density at radius 3 is 2.57 bits per heavy atom. The SMILES string of the molecule is CCOC(=CS(C)=O)c1ccccc1. The third kappa shape index (κ3) is 3.34. The molecule has 0 aliphatic carbocycles. The molecular formula is C11H14O2S. The van der Waals surface area contributed by atoms with E-state index in [1.165, 1.54) is 0 Å². The van der Waals surface area contributed by atoms with Crippen LogP contribution < -0.4 is 0 Å². The van der Waals surface area contributed by atoms with E-state index in [-0.39, 0.29) is 0 Å². The Hall–Kier alpha value is -1.09. The fraction of sp³-hybridized carbons (Fsp3) is 0.273. The van der Waals surface area contributed by atoms with Gasteiger partial charge in [-0.05, 0) is 6.92 Å². The molecule has 1 unspecified atom stereocenters. The van der Waals surface area contributed by atoms with Crippen LogP contribution in [0.1, 0.15) is 12.5 Å². The summed E-state index contributed by atoms with van der Waals surface area (Å²) >= 11 is 0. The molecule has 0 saturated carbocycles. The van der Waals surface area contributed by atoms with Crippen molar-refractivity contribution in [3.8, 4) is 0 Å². The molecule has 0 saturated heterocycles. The van der Waals surface area contributed by atoms with Gasteiger partial charge in [-0.1, -0.05) is 30.3 Å². The van der Waals surface area contributed by atoms with Crippen LogP contribution in [0.25, 0.3) is 5.76 Å². The number of rotatable bonds is 4. The van der Waals surface area contributed by atoms with Crippen molar-refractivity contribution < 1.29 is 8.95 Å². The fourth-order valence-corrected chi connectivity index (χ4v) is 1.60. The minimum absolute atomic E-state index is 0.581. The largest absolute Gasteiger partial charge is 0.493 e. The van der Waals surface area contributed by atoms with E-state index in [2.05, 4.69) is 0 Å². The fourth-order valence-electron chi connectivity index (χ4n) is 1.09. The Labute approximate surface area is 87.1 Å². The van der Waals surface area contributed by atoms with Gasteiger partial charge in [-0.3, -0.25) is 4.21 Å². The number of ether oxygens (including phenoxy) is 1. The predicted molar refractivity (Wildman–Crippen MR) is 60.1 cm³/mol. The topological polar surface area (TPSA) is 26.3 Å². The highest BCUT2D eigenvalue weighted by Crippen LogP contribution is 2.15. The first-order valence-corrected chi connectivity index (χ1v) is 6.08. The molecule has 0 aliphatic heterocycles. The molecule has 1 aromatic carbocycles. The van der Waals surface area contributed by atoms with Crippen molar-refractivity contribution in [2.24, 2.45) is 0 Å². The average Bonchev–Trinajstić information content (AvgIpc) is 2.18. The lowest BCUT2D eigenvalue weighted by atomic mass is 10.2. The molecule has 1 aromatic rings. The van der Waals surface area contributed by atoms with E-state index in [1.807, 2.05) is 37.3 Å². The first kappa shape index (κ1) is 11.0. The van der Waals surface area contributed by atoms with Crippen LogP contribution in [0, 0.1) is 0 Å². The second-order valence-corrected chi connectivity index (χ2v) is 4.01. The molecule has 1 atom stereocenters. The molecule has 0 amide bonds. The summed E-state index contributed by atoms with van der Waals surface area (Å²) in [6, 6.07) is 9.68. The summed E-state index contributed by atoms with van der Waals surface area (Å²) in [6.45, 7) is 2.49. The van der Waals surface area contributed by atoms with Gasteiger partial charge >= 0.3 is 0 Å². The maximum atomic E-state index is 11.1. The van der Waals surface area contributed by atoms with Crippen LogP contribution in [-0.4, -0.2) is 17.1 Å². The van der Waals surface area contributed by atoms with Gasteiger partial charge in [0.2, 0.25) is 0 Å². The second-order valence-electron chi connectivity index (χ2n) is 2.78. The van der Waals surface area contributed by atoms with Crippen molar-refractivity contribution in [2.45, 2.75) is 6.92 Å². The number of hydrogen-bond donors (Lipinski definition) is 0. The highest BCUT2D eigenvalue weighted by atomic mass is 32.2. The van der Waals surface area contributed by atoms with Crippen molar-refractivity contribution >= 4 is 16.6 Å². The maximum Gasteiger partial charge on any atom is 0.135 e. The highest BCUT2D eigenvalue weighted by molar-refractivity contribution is 7.87.